The fourth-order valence-electron chi connectivity index (χ4n) is 6.19. The van der Waals surface area contributed by atoms with Gasteiger partial charge in [-0.25, -0.2) is 13.2 Å². The number of rotatable bonds is 10. The summed E-state index contributed by atoms with van der Waals surface area (Å²) in [5.74, 6) is 1.09. The van der Waals surface area contributed by atoms with E-state index in [2.05, 4.69) is 74.5 Å². The summed E-state index contributed by atoms with van der Waals surface area (Å²) in [5, 5.41) is 46.8. The van der Waals surface area contributed by atoms with Gasteiger partial charge in [0, 0.05) is 59.1 Å². The van der Waals surface area contributed by atoms with Crippen LogP contribution in [-0.4, -0.2) is 38.1 Å². The number of ether oxygens (including phenoxy) is 1. The number of aromatic hydroxyl groups is 2. The fourth-order valence-corrected chi connectivity index (χ4v) is 6.19. The summed E-state index contributed by atoms with van der Waals surface area (Å²) >= 11 is 9.54. The zero-order valence-corrected chi connectivity index (χ0v) is 49.8. The minimum absolute atomic E-state index is 0. The van der Waals surface area contributed by atoms with Crippen molar-refractivity contribution < 1.29 is 75.1 Å². The molecule has 0 aliphatic heterocycles. The molecule has 0 fully saturated rings. The van der Waals surface area contributed by atoms with Gasteiger partial charge in [-0.3, -0.25) is 9.59 Å². The van der Waals surface area contributed by atoms with Gasteiger partial charge in [-0.15, -0.1) is 24.0 Å². The van der Waals surface area contributed by atoms with Gasteiger partial charge < -0.3 is 39.1 Å². The van der Waals surface area contributed by atoms with E-state index in [4.69, 9.17) is 34.0 Å². The monoisotopic (exact) mass is 1660 g/mol. The summed E-state index contributed by atoms with van der Waals surface area (Å²) in [6.45, 7) is 0.00674. The number of phenolic OH excluding ortho intramolecular Hbond substituents is 2. The number of aldehydes is 2. The first-order chi connectivity index (χ1) is 33.9. The first kappa shape index (κ1) is 64.5. The van der Waals surface area contributed by atoms with Crippen LogP contribution in [0.4, 0.5) is 13.2 Å². The molecule has 9 rings (SSSR count). The Bertz CT molecular complexity index is 3030. The molecule has 0 radical (unpaired) electrons. The van der Waals surface area contributed by atoms with Crippen molar-refractivity contribution in [2.45, 2.75) is 33.9 Å². The standard InChI is InChI=1S/C15H13FO3.C15H11FO2.C14H9FO2.C8H8O3.CH4.I3.I2.HI/c16-14-4-1-11(2-5-14)10-19-15-6-3-12(8-17)7-13(15)9-18;16-13-4-2-11(3-5-13)15-8-12-7-10(9-17)1-6-14(12)18-15;15-11-3-1-9(2-4-11)14-8-10-7-12(16)5-6-13(10)17-14;9-4-6-1-2-8(11)7(3-6)5-10;;1-3-2;1-2;/h1-7,9,17H,8,10H2;1-8,17H,9H2;1-8,16H;1-3,5,9,11H,4H2;1H4;;;1H/q;;;;;-1;;. The van der Waals surface area contributed by atoms with Crippen LogP contribution in [0.3, 0.4) is 0 Å². The zero-order chi connectivity index (χ0) is 51.0. The van der Waals surface area contributed by atoms with Crippen LogP contribution in [-0.2, 0) is 26.4 Å². The Balaban J connectivity index is 0.000000320. The summed E-state index contributed by atoms with van der Waals surface area (Å²) in [6.07, 6.45) is 1.23. The molecule has 7 aromatic carbocycles. The van der Waals surface area contributed by atoms with E-state index in [-0.39, 0.29) is 92.3 Å². The van der Waals surface area contributed by atoms with Crippen LogP contribution in [0, 0.1) is 17.5 Å². The zero-order valence-electron chi connectivity index (χ0n) is 36.7. The molecule has 5 N–H and O–H groups in total. The second-order valence-electron chi connectivity index (χ2n) is 14.3. The summed E-state index contributed by atoms with van der Waals surface area (Å²) in [4.78, 5) is 21.2. The first-order valence-electron chi connectivity index (χ1n) is 20.2. The third kappa shape index (κ3) is 20.6. The summed E-state index contributed by atoms with van der Waals surface area (Å²) in [6, 6.07) is 41.7. The maximum Gasteiger partial charge on any atom is 0.153 e. The molecular formula is C53H46F3I6O10-. The predicted octanol–water partition coefficient (Wildman–Crippen LogP) is 12.9. The Morgan fingerprint density at radius 3 is 1.38 bits per heavy atom. The molecule has 0 saturated carbocycles. The average molecular weight is 1660 g/mol. The molecule has 72 heavy (non-hydrogen) atoms. The van der Waals surface area contributed by atoms with Crippen LogP contribution in [0.1, 0.15) is 50.4 Å². The van der Waals surface area contributed by atoms with Gasteiger partial charge in [0.2, 0.25) is 0 Å². The van der Waals surface area contributed by atoms with Crippen LogP contribution < -0.4 is 18.0 Å². The molecule has 382 valence electrons. The van der Waals surface area contributed by atoms with E-state index in [0.29, 0.717) is 65.4 Å². The van der Waals surface area contributed by atoms with Crippen molar-refractivity contribution in [2.24, 2.45) is 0 Å². The van der Waals surface area contributed by atoms with Crippen molar-refractivity contribution in [2.75, 3.05) is 0 Å². The second-order valence-corrected chi connectivity index (χ2v) is 30.5. The van der Waals surface area contributed by atoms with E-state index in [1.807, 2.05) is 30.3 Å². The number of furan rings is 2. The third-order valence-electron chi connectivity index (χ3n) is 9.61. The number of hydrogen-bond acceptors (Lipinski definition) is 10. The fraction of sp³-hybridized carbons (Fsp3) is 0.0943. The number of carbonyl (C=O) groups excluding carboxylic acids is 2. The first-order valence-corrected chi connectivity index (χ1v) is 39.1. The molecule has 2 heterocycles. The van der Waals surface area contributed by atoms with Crippen molar-refractivity contribution in [1.29, 1.82) is 0 Å². The van der Waals surface area contributed by atoms with Crippen molar-refractivity contribution in [1.82, 2.24) is 0 Å². The average Bonchev–Trinajstić information content (AvgIpc) is 4.02. The van der Waals surface area contributed by atoms with Gasteiger partial charge in [0.05, 0.1) is 30.9 Å². The Morgan fingerprint density at radius 1 is 0.514 bits per heavy atom. The molecule has 0 spiro atoms. The Morgan fingerprint density at radius 2 is 0.903 bits per heavy atom. The molecule has 10 nitrogen and oxygen atoms in total. The SMILES string of the molecule is C.I.II.I[I-]I.O=Cc1cc(CO)ccc1O.O=Cc1cc(CO)ccc1OCc1ccc(F)cc1.OCc1ccc2oc(-c3ccc(F)cc3)cc2c1.Oc1ccc2oc(-c3ccc(F)cc3)cc2c1. The van der Waals surface area contributed by atoms with Crippen molar-refractivity contribution >= 4 is 133 Å². The van der Waals surface area contributed by atoms with Crippen LogP contribution in [0.25, 0.3) is 44.6 Å². The summed E-state index contributed by atoms with van der Waals surface area (Å²) in [5.41, 5.74) is 6.60. The topological polar surface area (TPSA) is 171 Å². The second kappa shape index (κ2) is 34.8. The quantitative estimate of drug-likeness (QED) is 0.0656. The van der Waals surface area contributed by atoms with Gasteiger partial charge in [-0.1, -0.05) is 37.8 Å². The predicted molar refractivity (Wildman–Crippen MR) is 317 cm³/mol. The van der Waals surface area contributed by atoms with Gasteiger partial charge in [0.1, 0.15) is 64.0 Å². The molecule has 0 bridgehead atoms. The largest absolute Gasteiger partial charge is 0.508 e. The van der Waals surface area contributed by atoms with Gasteiger partial charge in [0.15, 0.2) is 12.6 Å². The van der Waals surface area contributed by atoms with E-state index in [1.165, 1.54) is 48.5 Å². The number of fused-ring (bicyclic) bond motifs is 2. The number of aliphatic hydroxyl groups excluding tert-OH is 3. The Labute approximate surface area is 484 Å². The number of carbonyl (C=O) groups is 2. The molecule has 0 aliphatic carbocycles. The molecule has 0 aliphatic rings. The maximum absolute atomic E-state index is 12.8. The van der Waals surface area contributed by atoms with Crippen LogP contribution in [0.2, 0.25) is 0 Å². The molecule has 0 unspecified atom stereocenters. The van der Waals surface area contributed by atoms with Gasteiger partial charge in [-0.05, 0) is 150 Å². The minimum atomic E-state index is -0.301. The number of halogens is 9. The van der Waals surface area contributed by atoms with Gasteiger partial charge in [-0.2, -0.15) is 0 Å². The smallest absolute Gasteiger partial charge is 0.153 e. The minimum Gasteiger partial charge on any atom is -0.508 e. The Hall–Kier alpha value is -3.59. The van der Waals surface area contributed by atoms with E-state index in [1.54, 1.807) is 78.9 Å². The van der Waals surface area contributed by atoms with Crippen molar-refractivity contribution in [3.05, 3.63) is 209 Å². The van der Waals surface area contributed by atoms with Crippen LogP contribution in [0.15, 0.2) is 167 Å². The van der Waals surface area contributed by atoms with Crippen molar-refractivity contribution in [3.63, 3.8) is 0 Å². The number of phenols is 2. The number of aliphatic hydroxyl groups is 3. The van der Waals surface area contributed by atoms with E-state index in [9.17, 15) is 27.9 Å². The molecule has 19 heteroatoms. The van der Waals surface area contributed by atoms with Crippen LogP contribution in [0.5, 0.6) is 17.2 Å². The summed E-state index contributed by atoms with van der Waals surface area (Å²) < 4.78 is 55.2. The van der Waals surface area contributed by atoms with E-state index >= 15 is 0 Å². The normalized spacial score (nSPS) is 9.86. The van der Waals surface area contributed by atoms with Gasteiger partial charge >= 0.3 is 50.5 Å². The molecule has 0 amide bonds. The summed E-state index contributed by atoms with van der Waals surface area (Å²) in [7, 11) is 0. The van der Waals surface area contributed by atoms with E-state index in [0.717, 1.165) is 38.6 Å². The number of hydrogen-bond donors (Lipinski definition) is 5. The van der Waals surface area contributed by atoms with E-state index < -0.39 is 0 Å². The van der Waals surface area contributed by atoms with Crippen LogP contribution >= 0.6 is 98.4 Å². The molecule has 0 atom stereocenters. The van der Waals surface area contributed by atoms with Gasteiger partial charge in [0.25, 0.3) is 0 Å². The molecular weight excluding hydrogens is 1610 g/mol. The molecule has 9 aromatic rings. The van der Waals surface area contributed by atoms with Crippen molar-refractivity contribution in [3.8, 4) is 39.9 Å². The molecule has 2 aromatic heterocycles. The Kier molecular flexibility index (Phi) is 31.2. The number of benzene rings is 7. The molecule has 0 saturated heterocycles. The third-order valence-corrected chi connectivity index (χ3v) is 9.61. The maximum atomic E-state index is 12.8.